The number of allylic oxidation sites excluding steroid dienone is 1. The van der Waals surface area contributed by atoms with Crippen LogP contribution in [0.25, 0.3) is 17.0 Å². The number of para-hydroxylation sites is 1. The molecule has 92 valence electrons. The average Bonchev–Trinajstić information content (AvgIpc) is 3.08. The fraction of sp³-hybridized carbons (Fsp3) is 0.0588. The maximum Gasteiger partial charge on any atom is 0 e. The van der Waals surface area contributed by atoms with E-state index < -0.39 is 0 Å². The minimum atomic E-state index is 0. The molecule has 0 spiro atoms. The molecule has 2 heteroatoms. The number of aromatic amines is 1. The monoisotopic (exact) mass is 322 g/mol. The molecular formula is C17H14NZr-. The minimum absolute atomic E-state index is 0. The van der Waals surface area contributed by atoms with Gasteiger partial charge in [-0.2, -0.15) is 11.5 Å². The number of benzene rings is 2. The van der Waals surface area contributed by atoms with Crippen molar-refractivity contribution in [1.29, 1.82) is 0 Å². The molecule has 0 aliphatic heterocycles. The number of nitrogens with one attached hydrogen (secondary N) is 1. The van der Waals surface area contributed by atoms with Gasteiger partial charge in [-0.15, -0.1) is 23.8 Å². The van der Waals surface area contributed by atoms with Gasteiger partial charge >= 0.3 is 0 Å². The molecule has 1 aromatic heterocycles. The summed E-state index contributed by atoms with van der Waals surface area (Å²) in [6, 6.07) is 18.6. The number of H-pyrrole nitrogens is 1. The first kappa shape index (κ1) is 14.0. The van der Waals surface area contributed by atoms with Crippen molar-refractivity contribution in [2.45, 2.75) is 6.42 Å². The Balaban J connectivity index is 0.000000133. The van der Waals surface area contributed by atoms with Crippen LogP contribution in [0.3, 0.4) is 0 Å². The van der Waals surface area contributed by atoms with Crippen LogP contribution in [-0.4, -0.2) is 4.98 Å². The van der Waals surface area contributed by atoms with E-state index in [1.54, 1.807) is 0 Å². The zero-order chi connectivity index (χ0) is 12.2. The second-order valence-electron chi connectivity index (χ2n) is 4.31. The molecule has 1 heterocycles. The maximum atomic E-state index is 2.99. The Morgan fingerprint density at radius 3 is 2.58 bits per heavy atom. The molecule has 19 heavy (non-hydrogen) atoms. The predicted molar refractivity (Wildman–Crippen MR) is 76.3 cm³/mol. The van der Waals surface area contributed by atoms with Gasteiger partial charge in [0.05, 0.1) is 0 Å². The molecular weight excluding hydrogens is 309 g/mol. The molecule has 3 aromatic rings. The van der Waals surface area contributed by atoms with Gasteiger partial charge in [-0.05, 0) is 17.5 Å². The summed E-state index contributed by atoms with van der Waals surface area (Å²) in [7, 11) is 0. The van der Waals surface area contributed by atoms with Crippen molar-refractivity contribution in [2.24, 2.45) is 0 Å². The summed E-state index contributed by atoms with van der Waals surface area (Å²) in [4.78, 5) is 2.99. The van der Waals surface area contributed by atoms with Gasteiger partial charge in [0.15, 0.2) is 0 Å². The number of hydrogen-bond acceptors (Lipinski definition) is 0. The third-order valence-corrected chi connectivity index (χ3v) is 3.09. The molecule has 1 N–H and O–H groups in total. The molecule has 0 bridgehead atoms. The van der Waals surface area contributed by atoms with Crippen molar-refractivity contribution in [3.05, 3.63) is 78.0 Å². The van der Waals surface area contributed by atoms with Gasteiger partial charge in [0.1, 0.15) is 0 Å². The zero-order valence-corrected chi connectivity index (χ0v) is 13.0. The van der Waals surface area contributed by atoms with Crippen LogP contribution in [0.5, 0.6) is 0 Å². The Morgan fingerprint density at radius 1 is 0.947 bits per heavy atom. The van der Waals surface area contributed by atoms with Gasteiger partial charge in [0.25, 0.3) is 0 Å². The molecule has 4 rings (SSSR count). The molecule has 0 atom stereocenters. The van der Waals surface area contributed by atoms with E-state index in [0.717, 1.165) is 11.9 Å². The molecule has 0 radical (unpaired) electrons. The van der Waals surface area contributed by atoms with Crippen molar-refractivity contribution in [3.8, 4) is 0 Å². The van der Waals surface area contributed by atoms with Gasteiger partial charge in [0.2, 0.25) is 0 Å². The molecule has 1 aliphatic rings. The quantitative estimate of drug-likeness (QED) is 0.596. The molecule has 0 amide bonds. The van der Waals surface area contributed by atoms with E-state index in [4.69, 9.17) is 0 Å². The van der Waals surface area contributed by atoms with Crippen molar-refractivity contribution in [3.63, 3.8) is 0 Å². The van der Waals surface area contributed by atoms with Gasteiger partial charge in [0, 0.05) is 26.2 Å². The van der Waals surface area contributed by atoms with Gasteiger partial charge in [-0.25, -0.2) is 0 Å². The summed E-state index contributed by atoms with van der Waals surface area (Å²) < 4.78 is 0. The summed E-state index contributed by atoms with van der Waals surface area (Å²) in [6.07, 6.45) is 8.41. The molecule has 0 fully saturated rings. The second-order valence-corrected chi connectivity index (χ2v) is 4.31. The van der Waals surface area contributed by atoms with Crippen LogP contribution < -0.4 is 0 Å². The first-order valence-corrected chi connectivity index (χ1v) is 6.12. The van der Waals surface area contributed by atoms with Crippen molar-refractivity contribution in [2.75, 3.05) is 0 Å². The van der Waals surface area contributed by atoms with E-state index in [2.05, 4.69) is 53.7 Å². The van der Waals surface area contributed by atoms with Gasteiger partial charge < -0.3 is 4.98 Å². The molecule has 0 saturated heterocycles. The number of fused-ring (bicyclic) bond motifs is 2. The summed E-state index contributed by atoms with van der Waals surface area (Å²) >= 11 is 0. The van der Waals surface area contributed by atoms with Crippen LogP contribution in [0, 0.1) is 6.20 Å². The summed E-state index contributed by atoms with van der Waals surface area (Å²) in [5.41, 5.74) is 3.99. The van der Waals surface area contributed by atoms with Crippen molar-refractivity contribution in [1.82, 2.24) is 4.98 Å². The van der Waals surface area contributed by atoms with E-state index in [0.29, 0.717) is 0 Å². The average molecular weight is 324 g/mol. The van der Waals surface area contributed by atoms with Crippen molar-refractivity contribution < 1.29 is 26.2 Å². The number of aromatic nitrogens is 1. The molecule has 1 nitrogen and oxygen atoms in total. The number of hydrogen-bond donors (Lipinski definition) is 1. The van der Waals surface area contributed by atoms with Crippen molar-refractivity contribution >= 4 is 17.0 Å². The van der Waals surface area contributed by atoms with Crippen LogP contribution in [-0.2, 0) is 32.6 Å². The third-order valence-electron chi connectivity index (χ3n) is 3.09. The van der Waals surface area contributed by atoms with Gasteiger partial charge in [-0.3, -0.25) is 0 Å². The van der Waals surface area contributed by atoms with Crippen LogP contribution in [0.4, 0.5) is 0 Å². The van der Waals surface area contributed by atoms with Gasteiger partial charge in [-0.1, -0.05) is 48.6 Å². The third kappa shape index (κ3) is 3.33. The first-order valence-electron chi connectivity index (χ1n) is 6.12. The Bertz CT molecular complexity index is 652. The standard InChI is InChI=1S/C9H8.C8H6N.Zr/c1-2-5-9-7-3-6-8(9)4-1;1-2-4-8-7(3-1)5-6-9-8;/h1-6H,7H2;1-5,9H;/q;-1;. The topological polar surface area (TPSA) is 15.8 Å². The number of rotatable bonds is 0. The maximum absolute atomic E-state index is 2.99. The Kier molecular flexibility index (Phi) is 4.93. The van der Waals surface area contributed by atoms with Crippen LogP contribution in [0.1, 0.15) is 11.1 Å². The second kappa shape index (κ2) is 6.68. The van der Waals surface area contributed by atoms with E-state index in [1.807, 2.05) is 24.3 Å². The SMILES string of the molecule is C1=Cc2ccccc2C1.[Zr].[c-]1cc2ccccc2[nH]1. The fourth-order valence-corrected chi connectivity index (χ4v) is 2.12. The van der Waals surface area contributed by atoms with Crippen LogP contribution in [0.2, 0.25) is 0 Å². The zero-order valence-electron chi connectivity index (χ0n) is 10.6. The summed E-state index contributed by atoms with van der Waals surface area (Å²) in [6.45, 7) is 0. The van der Waals surface area contributed by atoms with E-state index in [1.165, 1.54) is 16.5 Å². The fourth-order valence-electron chi connectivity index (χ4n) is 2.12. The molecule has 1 aliphatic carbocycles. The van der Waals surface area contributed by atoms with Crippen LogP contribution >= 0.6 is 0 Å². The Hall–Kier alpha value is -1.40. The van der Waals surface area contributed by atoms with E-state index in [-0.39, 0.29) is 26.2 Å². The molecule has 0 saturated carbocycles. The first-order chi connectivity index (χ1) is 8.93. The Morgan fingerprint density at radius 2 is 1.74 bits per heavy atom. The van der Waals surface area contributed by atoms with Crippen LogP contribution in [0.15, 0.2) is 60.7 Å². The Labute approximate surface area is 132 Å². The van der Waals surface area contributed by atoms with E-state index in [9.17, 15) is 0 Å². The molecule has 2 aromatic carbocycles. The normalized spacial score (nSPS) is 11.4. The predicted octanol–water partition coefficient (Wildman–Crippen LogP) is 4.22. The largest absolute Gasteiger partial charge is 0.477 e. The summed E-state index contributed by atoms with van der Waals surface area (Å²) in [5, 5.41) is 1.22. The minimum Gasteiger partial charge on any atom is -0.477 e. The van der Waals surface area contributed by atoms with E-state index >= 15 is 0 Å². The molecule has 0 unspecified atom stereocenters. The smallest absolute Gasteiger partial charge is 0 e. The summed E-state index contributed by atoms with van der Waals surface area (Å²) in [5.74, 6) is 0.